The van der Waals surface area contributed by atoms with Crippen LogP contribution in [0.15, 0.2) is 150 Å². The molecular weight excluding hydrogens is 556 g/mol. The topological polar surface area (TPSA) is 13.1 Å². The molecule has 1 aliphatic rings. The van der Waals surface area contributed by atoms with Gasteiger partial charge in [-0.1, -0.05) is 141 Å². The molecule has 0 bridgehead atoms. The summed E-state index contributed by atoms with van der Waals surface area (Å²) >= 11 is 0. The summed E-state index contributed by atoms with van der Waals surface area (Å²) in [7, 11) is 0. The summed E-state index contributed by atoms with van der Waals surface area (Å²) in [6.07, 6.45) is 0. The predicted octanol–water partition coefficient (Wildman–Crippen LogP) is 12.7. The minimum Gasteiger partial charge on any atom is -0.456 e. The van der Waals surface area contributed by atoms with E-state index in [9.17, 15) is 5.48 Å². The quantitative estimate of drug-likeness (QED) is 0.181. The van der Waals surface area contributed by atoms with Crippen molar-refractivity contribution in [1.29, 1.82) is 0 Å². The Morgan fingerprint density at radius 2 is 1.13 bits per heavy atom. The highest BCUT2D eigenvalue weighted by molar-refractivity contribution is 6.24. The molecular formula is C45H30O. The van der Waals surface area contributed by atoms with E-state index >= 15 is 0 Å². The second kappa shape index (κ2) is 9.19. The Labute approximate surface area is 278 Å². The summed E-state index contributed by atoms with van der Waals surface area (Å²) in [5, 5.41) is 4.47. The van der Waals surface area contributed by atoms with Crippen LogP contribution in [0.4, 0.5) is 0 Å². The molecule has 1 heteroatoms. The second-order valence-corrected chi connectivity index (χ2v) is 12.6. The molecule has 9 aromatic rings. The molecule has 1 aliphatic carbocycles. The maximum Gasteiger partial charge on any atom is 0.136 e. The molecule has 0 radical (unpaired) electrons. The average molecular weight is 595 g/mol. The van der Waals surface area contributed by atoms with Crippen LogP contribution in [0.1, 0.15) is 35.9 Å². The summed E-state index contributed by atoms with van der Waals surface area (Å²) in [6, 6.07) is 28.7. The Balaban J connectivity index is 1.46. The van der Waals surface area contributed by atoms with Crippen molar-refractivity contribution in [2.75, 3.05) is 0 Å². The third kappa shape index (κ3) is 3.35. The van der Waals surface area contributed by atoms with E-state index in [1.54, 1.807) is 0 Å². The molecule has 0 saturated heterocycles. The van der Waals surface area contributed by atoms with Gasteiger partial charge < -0.3 is 4.42 Å². The minimum atomic E-state index is -0.425. The van der Waals surface area contributed by atoms with Gasteiger partial charge in [0.25, 0.3) is 0 Å². The first-order chi connectivity index (χ1) is 25.9. The number of rotatable bonds is 2. The largest absolute Gasteiger partial charge is 0.456 e. The standard InChI is InChI=1S/C45H30O/c1-45(2)37-20-10-9-18-34(37)43-35(19-11-21-38(43)45)42-32-16-7-5-14-30(32)41(31-15-6-8-17-33(31)42)28-23-24-39-36(26-28)44-29-13-4-3-12-27(29)22-25-40(44)46-39/h3-26H,1-2H3/i5D,6D,7D,8D,14D,15D,16D,17D. The molecule has 8 aromatic carbocycles. The smallest absolute Gasteiger partial charge is 0.136 e. The Morgan fingerprint density at radius 1 is 0.500 bits per heavy atom. The fourth-order valence-corrected chi connectivity index (χ4v) is 7.85. The third-order valence-electron chi connectivity index (χ3n) is 9.90. The molecule has 0 atom stereocenters. The molecule has 0 spiro atoms. The zero-order chi connectivity index (χ0) is 37.5. The van der Waals surface area contributed by atoms with Crippen LogP contribution >= 0.6 is 0 Å². The maximum absolute atomic E-state index is 9.50. The Hall–Kier alpha value is -5.66. The summed E-state index contributed by atoms with van der Waals surface area (Å²) in [4.78, 5) is 0. The van der Waals surface area contributed by atoms with Crippen molar-refractivity contribution in [2.24, 2.45) is 0 Å². The molecule has 10 rings (SSSR count). The normalized spacial score (nSPS) is 16.0. The minimum absolute atomic E-state index is 0.189. The van der Waals surface area contributed by atoms with E-state index in [0.717, 1.165) is 43.8 Å². The van der Waals surface area contributed by atoms with Gasteiger partial charge in [-0.25, -0.2) is 0 Å². The van der Waals surface area contributed by atoms with Crippen LogP contribution in [0.25, 0.3) is 87.6 Å². The van der Waals surface area contributed by atoms with E-state index in [-0.39, 0.29) is 51.1 Å². The summed E-state index contributed by atoms with van der Waals surface area (Å²) < 4.78 is 79.9. The van der Waals surface area contributed by atoms with Gasteiger partial charge in [-0.05, 0) is 95.0 Å². The Kier molecular flexibility index (Phi) is 3.79. The monoisotopic (exact) mass is 594 g/mol. The van der Waals surface area contributed by atoms with Crippen LogP contribution in [0, 0.1) is 0 Å². The van der Waals surface area contributed by atoms with Gasteiger partial charge in [0, 0.05) is 16.2 Å². The van der Waals surface area contributed by atoms with Gasteiger partial charge in [-0.3, -0.25) is 0 Å². The fourth-order valence-electron chi connectivity index (χ4n) is 7.85. The molecule has 0 aliphatic heterocycles. The van der Waals surface area contributed by atoms with Gasteiger partial charge in [-0.2, -0.15) is 0 Å². The number of hydrogen-bond acceptors (Lipinski definition) is 1. The predicted molar refractivity (Wildman–Crippen MR) is 195 cm³/mol. The molecule has 46 heavy (non-hydrogen) atoms. The molecule has 0 amide bonds. The van der Waals surface area contributed by atoms with Gasteiger partial charge in [0.05, 0.1) is 11.0 Å². The van der Waals surface area contributed by atoms with Crippen LogP contribution in [-0.4, -0.2) is 0 Å². The summed E-state index contributed by atoms with van der Waals surface area (Å²) in [5.74, 6) is 0. The maximum atomic E-state index is 9.50. The van der Waals surface area contributed by atoms with Crippen molar-refractivity contribution < 1.29 is 15.4 Å². The lowest BCUT2D eigenvalue weighted by atomic mass is 9.80. The highest BCUT2D eigenvalue weighted by Gasteiger charge is 2.37. The van der Waals surface area contributed by atoms with E-state index in [0.29, 0.717) is 33.4 Å². The van der Waals surface area contributed by atoms with Gasteiger partial charge in [0.1, 0.15) is 11.2 Å². The van der Waals surface area contributed by atoms with Crippen molar-refractivity contribution in [1.82, 2.24) is 0 Å². The van der Waals surface area contributed by atoms with Crippen molar-refractivity contribution in [2.45, 2.75) is 19.3 Å². The molecule has 0 N–H and O–H groups in total. The van der Waals surface area contributed by atoms with Crippen LogP contribution in [-0.2, 0) is 5.41 Å². The van der Waals surface area contributed by atoms with E-state index in [4.69, 9.17) is 9.90 Å². The van der Waals surface area contributed by atoms with Gasteiger partial charge in [0.15, 0.2) is 0 Å². The lowest BCUT2D eigenvalue weighted by molar-refractivity contribution is 0.660. The van der Waals surface area contributed by atoms with E-state index in [1.165, 1.54) is 0 Å². The highest BCUT2D eigenvalue weighted by Crippen LogP contribution is 2.54. The first kappa shape index (κ1) is 19.0. The van der Waals surface area contributed by atoms with E-state index in [2.05, 4.69) is 26.0 Å². The first-order valence-electron chi connectivity index (χ1n) is 19.5. The van der Waals surface area contributed by atoms with Gasteiger partial charge >= 0.3 is 0 Å². The van der Waals surface area contributed by atoms with Gasteiger partial charge in [-0.15, -0.1) is 0 Å². The average Bonchev–Trinajstić information content (AvgIpc) is 3.68. The highest BCUT2D eigenvalue weighted by atomic mass is 16.3. The molecule has 0 unspecified atom stereocenters. The van der Waals surface area contributed by atoms with Crippen molar-refractivity contribution in [3.8, 4) is 33.4 Å². The van der Waals surface area contributed by atoms with E-state index < -0.39 is 24.2 Å². The molecule has 216 valence electrons. The number of fused-ring (bicyclic) bond motifs is 10. The van der Waals surface area contributed by atoms with Crippen LogP contribution < -0.4 is 0 Å². The van der Waals surface area contributed by atoms with Crippen LogP contribution in [0.3, 0.4) is 0 Å². The SMILES string of the molecule is [2H]c1c([2H])c([2H])c2c(-c3cccc4c3-c3ccccc3C4(C)C)c3c([2H])c([2H])c([2H])c([2H])c3c(-c3ccc4oc5ccc6ccccc6c5c4c3)c2c1[2H]. The third-order valence-corrected chi connectivity index (χ3v) is 9.90. The molecule has 1 aromatic heterocycles. The zero-order valence-electron chi connectivity index (χ0n) is 33.1. The zero-order valence-corrected chi connectivity index (χ0v) is 25.1. The lowest BCUT2D eigenvalue weighted by Gasteiger charge is -2.22. The number of hydrogen-bond donors (Lipinski definition) is 0. The van der Waals surface area contributed by atoms with E-state index in [1.807, 2.05) is 84.9 Å². The molecule has 0 saturated carbocycles. The lowest BCUT2D eigenvalue weighted by Crippen LogP contribution is -2.14. The second-order valence-electron chi connectivity index (χ2n) is 12.6. The number of benzene rings is 8. The van der Waals surface area contributed by atoms with Gasteiger partial charge in [0.2, 0.25) is 0 Å². The molecule has 0 fully saturated rings. The van der Waals surface area contributed by atoms with Crippen LogP contribution in [0.5, 0.6) is 0 Å². The van der Waals surface area contributed by atoms with Crippen molar-refractivity contribution in [3.63, 3.8) is 0 Å². The summed E-state index contributed by atoms with van der Waals surface area (Å²) in [6.45, 7) is 4.30. The Morgan fingerprint density at radius 3 is 1.91 bits per heavy atom. The van der Waals surface area contributed by atoms with Crippen molar-refractivity contribution >= 4 is 54.3 Å². The fraction of sp³-hybridized carbons (Fsp3) is 0.0667. The summed E-state index contributed by atoms with van der Waals surface area (Å²) in [5.41, 5.74) is 6.77. The van der Waals surface area contributed by atoms with Crippen LogP contribution in [0.2, 0.25) is 0 Å². The Bertz CT molecular complexity index is 3090. The first-order valence-corrected chi connectivity index (χ1v) is 15.5. The molecule has 1 heterocycles. The van der Waals surface area contributed by atoms with Crippen molar-refractivity contribution in [3.05, 3.63) is 157 Å². The molecule has 1 nitrogen and oxygen atoms in total. The number of furan rings is 1.